The first-order chi connectivity index (χ1) is 14.0. The Kier molecular flexibility index (Phi) is 5.96. The Hall–Kier alpha value is -2.25. The minimum atomic E-state index is -0.255. The van der Waals surface area contributed by atoms with Crippen LogP contribution in [0.5, 0.6) is 0 Å². The molecule has 1 aromatic carbocycles. The molecular formula is C22H32N4O3+2. The molecule has 4 rings (SSSR count). The van der Waals surface area contributed by atoms with Crippen molar-refractivity contribution in [2.24, 2.45) is 0 Å². The molecule has 3 fully saturated rings. The standard InChI is InChI=1S/C22H30N4O3/c1-16(27)23-17-5-7-19(8-6-17)26-21(28)15-20(22(26)29)25-13-9-18(10-14-25)24-11-3-2-4-12-24/h5-8,18,20H,2-4,9-15H2,1H3,(H,23,27)/p+2/t20-/m0/s1. The molecule has 0 unspecified atom stereocenters. The molecule has 3 aliphatic heterocycles. The molecule has 0 radical (unpaired) electrons. The Morgan fingerprint density at radius 3 is 2.24 bits per heavy atom. The maximum Gasteiger partial charge on any atom is 0.292 e. The lowest BCUT2D eigenvalue weighted by molar-refractivity contribution is -0.965. The van der Waals surface area contributed by atoms with Crippen molar-refractivity contribution in [3.05, 3.63) is 24.3 Å². The molecule has 1 aromatic rings. The summed E-state index contributed by atoms with van der Waals surface area (Å²) in [6.45, 7) is 6.00. The van der Waals surface area contributed by atoms with Gasteiger partial charge in [-0.05, 0) is 43.5 Å². The number of benzene rings is 1. The van der Waals surface area contributed by atoms with Gasteiger partial charge in [-0.25, -0.2) is 4.90 Å². The van der Waals surface area contributed by atoms with Gasteiger partial charge in [-0.2, -0.15) is 0 Å². The number of rotatable bonds is 4. The number of piperidine rings is 2. The van der Waals surface area contributed by atoms with Crippen LogP contribution in [0, 0.1) is 0 Å². The molecule has 3 heterocycles. The predicted molar refractivity (Wildman–Crippen MR) is 110 cm³/mol. The molecule has 156 valence electrons. The van der Waals surface area contributed by atoms with E-state index >= 15 is 0 Å². The highest BCUT2D eigenvalue weighted by Crippen LogP contribution is 2.24. The number of imide groups is 1. The van der Waals surface area contributed by atoms with Crippen molar-refractivity contribution in [1.29, 1.82) is 0 Å². The number of nitrogens with one attached hydrogen (secondary N) is 3. The number of quaternary nitrogens is 2. The SMILES string of the molecule is CC(=O)Nc1ccc(N2C(=O)C[C@H]([NH+]3CCC([NH+]4CCCCC4)CC3)C2=O)cc1. The number of hydrogen-bond donors (Lipinski definition) is 3. The molecule has 0 bridgehead atoms. The minimum absolute atomic E-state index is 0.0824. The average molecular weight is 401 g/mol. The fourth-order valence-electron chi connectivity index (χ4n) is 5.28. The van der Waals surface area contributed by atoms with Crippen molar-refractivity contribution in [1.82, 2.24) is 0 Å². The molecule has 0 spiro atoms. The molecule has 29 heavy (non-hydrogen) atoms. The fourth-order valence-corrected chi connectivity index (χ4v) is 5.28. The van der Waals surface area contributed by atoms with Crippen LogP contribution in [0.25, 0.3) is 0 Å². The van der Waals surface area contributed by atoms with Crippen LogP contribution in [0.3, 0.4) is 0 Å². The Bertz CT molecular complexity index is 765. The fraction of sp³-hybridized carbons (Fsp3) is 0.591. The van der Waals surface area contributed by atoms with E-state index in [1.54, 1.807) is 29.2 Å². The number of nitrogens with zero attached hydrogens (tertiary/aromatic N) is 1. The Balaban J connectivity index is 1.37. The van der Waals surface area contributed by atoms with E-state index in [-0.39, 0.29) is 23.8 Å². The Labute approximate surface area is 172 Å². The third-order valence-electron chi connectivity index (χ3n) is 6.79. The van der Waals surface area contributed by atoms with Gasteiger partial charge in [0.05, 0.1) is 44.3 Å². The zero-order chi connectivity index (χ0) is 20.4. The minimum Gasteiger partial charge on any atom is -0.332 e. The maximum atomic E-state index is 13.1. The third-order valence-corrected chi connectivity index (χ3v) is 6.79. The average Bonchev–Trinajstić information content (AvgIpc) is 3.03. The van der Waals surface area contributed by atoms with E-state index in [0.29, 0.717) is 17.8 Å². The van der Waals surface area contributed by atoms with Gasteiger partial charge in [0.1, 0.15) is 0 Å². The normalized spacial score (nSPS) is 28.6. The Morgan fingerprint density at radius 2 is 1.62 bits per heavy atom. The second kappa shape index (κ2) is 8.63. The van der Waals surface area contributed by atoms with Gasteiger partial charge in [-0.1, -0.05) is 0 Å². The molecule has 0 aromatic heterocycles. The molecule has 7 nitrogen and oxygen atoms in total. The van der Waals surface area contributed by atoms with E-state index in [2.05, 4.69) is 5.32 Å². The number of carbonyl (C=O) groups excluding carboxylic acids is 3. The summed E-state index contributed by atoms with van der Waals surface area (Å²) in [4.78, 5) is 41.2. The second-order valence-corrected chi connectivity index (χ2v) is 8.70. The van der Waals surface area contributed by atoms with Crippen LogP contribution in [-0.2, 0) is 14.4 Å². The van der Waals surface area contributed by atoms with E-state index in [9.17, 15) is 14.4 Å². The topological polar surface area (TPSA) is 75.4 Å². The summed E-state index contributed by atoms with van der Waals surface area (Å²) >= 11 is 0. The molecule has 3 amide bonds. The largest absolute Gasteiger partial charge is 0.332 e. The molecule has 3 N–H and O–H groups in total. The smallest absolute Gasteiger partial charge is 0.292 e. The molecule has 7 heteroatoms. The van der Waals surface area contributed by atoms with Crippen LogP contribution >= 0.6 is 0 Å². The summed E-state index contributed by atoms with van der Waals surface area (Å²) in [5.41, 5.74) is 1.24. The van der Waals surface area contributed by atoms with Crippen molar-refractivity contribution in [3.63, 3.8) is 0 Å². The number of likely N-dealkylation sites (tertiary alicyclic amines) is 2. The van der Waals surface area contributed by atoms with Crippen molar-refractivity contribution >= 4 is 29.1 Å². The monoisotopic (exact) mass is 400 g/mol. The molecule has 0 saturated carbocycles. The van der Waals surface area contributed by atoms with E-state index in [0.717, 1.165) is 32.0 Å². The zero-order valence-electron chi connectivity index (χ0n) is 17.2. The summed E-state index contributed by atoms with van der Waals surface area (Å²) in [5, 5.41) is 2.70. The van der Waals surface area contributed by atoms with Gasteiger partial charge in [0.25, 0.3) is 5.91 Å². The van der Waals surface area contributed by atoms with Gasteiger partial charge in [0.2, 0.25) is 11.8 Å². The van der Waals surface area contributed by atoms with Crippen LogP contribution in [0.4, 0.5) is 11.4 Å². The van der Waals surface area contributed by atoms with Gasteiger partial charge in [0.15, 0.2) is 6.04 Å². The lowest BCUT2D eigenvalue weighted by Gasteiger charge is -2.37. The predicted octanol–water partition coefficient (Wildman–Crippen LogP) is -0.607. The van der Waals surface area contributed by atoms with Crippen LogP contribution < -0.4 is 20.0 Å². The van der Waals surface area contributed by atoms with Gasteiger partial charge in [-0.3, -0.25) is 14.4 Å². The highest BCUT2D eigenvalue weighted by atomic mass is 16.2. The number of hydrogen-bond acceptors (Lipinski definition) is 3. The van der Waals surface area contributed by atoms with Crippen molar-refractivity contribution in [2.45, 2.75) is 57.5 Å². The molecular weight excluding hydrogens is 368 g/mol. The summed E-state index contributed by atoms with van der Waals surface area (Å²) < 4.78 is 0. The first kappa shape index (κ1) is 20.0. The molecule has 3 aliphatic rings. The van der Waals surface area contributed by atoms with Gasteiger partial charge in [0, 0.05) is 25.5 Å². The van der Waals surface area contributed by atoms with Crippen molar-refractivity contribution < 1.29 is 24.2 Å². The maximum absolute atomic E-state index is 13.1. The van der Waals surface area contributed by atoms with Gasteiger partial charge in [-0.15, -0.1) is 0 Å². The summed E-state index contributed by atoms with van der Waals surface area (Å²) in [7, 11) is 0. The van der Waals surface area contributed by atoms with E-state index in [4.69, 9.17) is 0 Å². The van der Waals surface area contributed by atoms with E-state index in [1.165, 1.54) is 49.1 Å². The van der Waals surface area contributed by atoms with Crippen LogP contribution in [0.1, 0.15) is 45.4 Å². The first-order valence-corrected chi connectivity index (χ1v) is 11.0. The number of anilines is 2. The molecule has 0 aliphatic carbocycles. The van der Waals surface area contributed by atoms with Crippen LogP contribution in [0.2, 0.25) is 0 Å². The molecule has 1 atom stereocenters. The highest BCUT2D eigenvalue weighted by Gasteiger charge is 2.47. The summed E-state index contributed by atoms with van der Waals surface area (Å²) in [5.74, 6) is -0.353. The van der Waals surface area contributed by atoms with E-state index < -0.39 is 0 Å². The van der Waals surface area contributed by atoms with Crippen molar-refractivity contribution in [2.75, 3.05) is 36.4 Å². The van der Waals surface area contributed by atoms with Crippen LogP contribution in [0.15, 0.2) is 24.3 Å². The highest BCUT2D eigenvalue weighted by molar-refractivity contribution is 6.21. The van der Waals surface area contributed by atoms with Gasteiger partial charge < -0.3 is 15.1 Å². The van der Waals surface area contributed by atoms with Crippen molar-refractivity contribution in [3.8, 4) is 0 Å². The Morgan fingerprint density at radius 1 is 0.966 bits per heavy atom. The van der Waals surface area contributed by atoms with Gasteiger partial charge >= 0.3 is 0 Å². The summed E-state index contributed by atoms with van der Waals surface area (Å²) in [6, 6.07) is 7.38. The lowest BCUT2D eigenvalue weighted by Crippen LogP contribution is -3.22. The second-order valence-electron chi connectivity index (χ2n) is 8.70. The molecule has 3 saturated heterocycles. The zero-order valence-corrected chi connectivity index (χ0v) is 17.2. The van der Waals surface area contributed by atoms with Crippen LogP contribution in [-0.4, -0.2) is 56.0 Å². The first-order valence-electron chi connectivity index (χ1n) is 11.0. The quantitative estimate of drug-likeness (QED) is 0.591. The third kappa shape index (κ3) is 4.36. The number of amides is 3. The van der Waals surface area contributed by atoms with E-state index in [1.807, 2.05) is 0 Å². The lowest BCUT2D eigenvalue weighted by atomic mass is 9.98. The number of carbonyl (C=O) groups is 3. The summed E-state index contributed by atoms with van der Waals surface area (Å²) in [6.07, 6.45) is 6.64.